The van der Waals surface area contributed by atoms with Gasteiger partial charge in [0.25, 0.3) is 5.91 Å². The Morgan fingerprint density at radius 2 is 2.50 bits per heavy atom. The van der Waals surface area contributed by atoms with E-state index in [0.717, 1.165) is 25.1 Å². The van der Waals surface area contributed by atoms with Crippen molar-refractivity contribution in [1.82, 2.24) is 9.88 Å². The third kappa shape index (κ3) is 2.61. The van der Waals surface area contributed by atoms with Crippen molar-refractivity contribution in [3.05, 3.63) is 24.0 Å². The zero-order chi connectivity index (χ0) is 13.0. The van der Waals surface area contributed by atoms with E-state index in [4.69, 9.17) is 0 Å². The van der Waals surface area contributed by atoms with E-state index < -0.39 is 0 Å². The molecule has 1 saturated heterocycles. The first kappa shape index (κ1) is 12.8. The summed E-state index contributed by atoms with van der Waals surface area (Å²) in [6.45, 7) is 1.54. The van der Waals surface area contributed by atoms with Crippen molar-refractivity contribution in [2.75, 3.05) is 32.1 Å². The lowest BCUT2D eigenvalue weighted by atomic mass is 9.98. The summed E-state index contributed by atoms with van der Waals surface area (Å²) in [5, 5.41) is 12.2. The Morgan fingerprint density at radius 3 is 3.22 bits per heavy atom. The van der Waals surface area contributed by atoms with Gasteiger partial charge in [0.15, 0.2) is 0 Å². The fraction of sp³-hybridized carbons (Fsp3) is 0.538. The van der Waals surface area contributed by atoms with Crippen molar-refractivity contribution < 1.29 is 9.90 Å². The van der Waals surface area contributed by atoms with E-state index in [9.17, 15) is 9.90 Å². The number of nitrogens with one attached hydrogen (secondary N) is 1. The molecule has 5 heteroatoms. The second kappa shape index (κ2) is 5.82. The topological polar surface area (TPSA) is 65.5 Å². The van der Waals surface area contributed by atoms with Crippen molar-refractivity contribution in [2.24, 2.45) is 5.92 Å². The van der Waals surface area contributed by atoms with Gasteiger partial charge in [0, 0.05) is 44.8 Å². The Morgan fingerprint density at radius 1 is 1.67 bits per heavy atom. The minimum atomic E-state index is -0.00870. The van der Waals surface area contributed by atoms with Crippen LogP contribution in [-0.4, -0.2) is 47.6 Å². The molecular weight excluding hydrogens is 230 g/mol. The summed E-state index contributed by atoms with van der Waals surface area (Å²) in [4.78, 5) is 18.2. The Labute approximate surface area is 107 Å². The van der Waals surface area contributed by atoms with Crippen LogP contribution in [0.5, 0.6) is 0 Å². The van der Waals surface area contributed by atoms with Crippen molar-refractivity contribution in [3.63, 3.8) is 0 Å². The number of amides is 1. The highest BCUT2D eigenvalue weighted by molar-refractivity contribution is 5.99. The lowest BCUT2D eigenvalue weighted by Gasteiger charge is -2.32. The number of rotatable bonds is 3. The van der Waals surface area contributed by atoms with Crippen LogP contribution in [0.25, 0.3) is 0 Å². The first-order valence-electron chi connectivity index (χ1n) is 6.28. The third-order valence-corrected chi connectivity index (χ3v) is 3.39. The normalized spacial score (nSPS) is 19.7. The van der Waals surface area contributed by atoms with Gasteiger partial charge in [-0.25, -0.2) is 0 Å². The maximum Gasteiger partial charge on any atom is 0.257 e. The average Bonchev–Trinajstić information content (AvgIpc) is 2.46. The highest BCUT2D eigenvalue weighted by Crippen LogP contribution is 2.21. The summed E-state index contributed by atoms with van der Waals surface area (Å²) >= 11 is 0. The minimum Gasteiger partial charge on any atom is -0.396 e. The first-order chi connectivity index (χ1) is 8.76. The largest absolute Gasteiger partial charge is 0.396 e. The van der Waals surface area contributed by atoms with E-state index in [1.807, 2.05) is 4.90 Å². The summed E-state index contributed by atoms with van der Waals surface area (Å²) in [5.74, 6) is 0.197. The van der Waals surface area contributed by atoms with Gasteiger partial charge in [-0.3, -0.25) is 9.78 Å². The molecule has 1 aliphatic rings. The Bertz CT molecular complexity index is 422. The van der Waals surface area contributed by atoms with Crippen LogP contribution in [0.3, 0.4) is 0 Å². The van der Waals surface area contributed by atoms with Crippen molar-refractivity contribution in [1.29, 1.82) is 0 Å². The van der Waals surface area contributed by atoms with Crippen LogP contribution in [0.15, 0.2) is 18.5 Å². The number of carbonyl (C=O) groups excluding carboxylic acids is 1. The first-order valence-corrected chi connectivity index (χ1v) is 6.28. The predicted octanol–water partition coefficient (Wildman–Crippen LogP) is 0.968. The second-order valence-electron chi connectivity index (χ2n) is 4.61. The second-order valence-corrected chi connectivity index (χ2v) is 4.61. The zero-order valence-electron chi connectivity index (χ0n) is 10.6. The molecule has 18 heavy (non-hydrogen) atoms. The van der Waals surface area contributed by atoms with Crippen molar-refractivity contribution in [2.45, 2.75) is 12.8 Å². The molecule has 0 radical (unpaired) electrons. The number of aromatic nitrogens is 1. The average molecular weight is 249 g/mol. The molecule has 0 saturated carbocycles. The van der Waals surface area contributed by atoms with Crippen molar-refractivity contribution >= 4 is 11.6 Å². The fourth-order valence-electron chi connectivity index (χ4n) is 2.35. The van der Waals surface area contributed by atoms with Gasteiger partial charge in [-0.05, 0) is 24.8 Å². The molecule has 0 bridgehead atoms. The van der Waals surface area contributed by atoms with E-state index in [-0.39, 0.29) is 18.4 Å². The van der Waals surface area contributed by atoms with E-state index in [1.165, 1.54) is 0 Å². The van der Waals surface area contributed by atoms with E-state index >= 15 is 0 Å². The number of likely N-dealkylation sites (tertiary alicyclic amines) is 1. The van der Waals surface area contributed by atoms with Gasteiger partial charge in [0.1, 0.15) is 0 Å². The van der Waals surface area contributed by atoms with Crippen molar-refractivity contribution in [3.8, 4) is 0 Å². The number of hydrogen-bond donors (Lipinski definition) is 2. The molecule has 1 unspecified atom stereocenters. The van der Waals surface area contributed by atoms with Gasteiger partial charge in [-0.2, -0.15) is 0 Å². The Kier molecular flexibility index (Phi) is 4.15. The van der Waals surface area contributed by atoms with Gasteiger partial charge < -0.3 is 15.3 Å². The monoisotopic (exact) mass is 249 g/mol. The molecule has 5 nitrogen and oxygen atoms in total. The molecular formula is C13H19N3O2. The number of pyridine rings is 1. The number of carbonyl (C=O) groups is 1. The Balaban J connectivity index is 2.15. The predicted molar refractivity (Wildman–Crippen MR) is 69.5 cm³/mol. The smallest absolute Gasteiger partial charge is 0.257 e. The van der Waals surface area contributed by atoms with Crippen LogP contribution in [-0.2, 0) is 0 Å². The molecule has 2 heterocycles. The van der Waals surface area contributed by atoms with Gasteiger partial charge in [0.05, 0.1) is 5.56 Å². The Hall–Kier alpha value is -1.62. The van der Waals surface area contributed by atoms with E-state index in [1.54, 1.807) is 25.5 Å². The van der Waals surface area contributed by atoms with E-state index in [2.05, 4.69) is 10.3 Å². The molecule has 2 N–H and O–H groups in total. The standard InChI is InChI=1S/C13H19N3O2/c1-14-12-4-5-15-7-11(12)13(18)16-6-2-3-10(8-16)9-17/h4-5,7,10,17H,2-3,6,8-9H2,1H3,(H,14,15). The molecule has 0 aromatic carbocycles. The summed E-state index contributed by atoms with van der Waals surface area (Å²) in [6, 6.07) is 1.79. The molecule has 2 rings (SSSR count). The number of hydrogen-bond acceptors (Lipinski definition) is 4. The number of anilines is 1. The number of nitrogens with zero attached hydrogens (tertiary/aromatic N) is 2. The van der Waals surface area contributed by atoms with Gasteiger partial charge in [0.2, 0.25) is 0 Å². The number of aliphatic hydroxyl groups excluding tert-OH is 1. The SMILES string of the molecule is CNc1ccncc1C(=O)N1CCCC(CO)C1. The lowest BCUT2D eigenvalue weighted by molar-refractivity contribution is 0.0621. The quantitative estimate of drug-likeness (QED) is 0.837. The minimum absolute atomic E-state index is 0.00870. The number of piperidine rings is 1. The molecule has 0 aliphatic carbocycles. The van der Waals surface area contributed by atoms with Crippen LogP contribution in [0.4, 0.5) is 5.69 Å². The summed E-state index contributed by atoms with van der Waals surface area (Å²) in [7, 11) is 1.79. The molecule has 98 valence electrons. The molecule has 1 aromatic rings. The number of aliphatic hydroxyl groups is 1. The molecule has 1 amide bonds. The van der Waals surface area contributed by atoms with Crippen LogP contribution >= 0.6 is 0 Å². The van der Waals surface area contributed by atoms with Crippen LogP contribution in [0.1, 0.15) is 23.2 Å². The van der Waals surface area contributed by atoms with Crippen LogP contribution in [0, 0.1) is 5.92 Å². The summed E-state index contributed by atoms with van der Waals surface area (Å²) in [5.41, 5.74) is 1.39. The van der Waals surface area contributed by atoms with Gasteiger partial charge in [-0.1, -0.05) is 0 Å². The molecule has 1 fully saturated rings. The molecule has 1 atom stereocenters. The van der Waals surface area contributed by atoms with Crippen LogP contribution < -0.4 is 5.32 Å². The highest BCUT2D eigenvalue weighted by Gasteiger charge is 2.25. The molecule has 1 aliphatic heterocycles. The maximum atomic E-state index is 12.4. The van der Waals surface area contributed by atoms with Crippen LogP contribution in [0.2, 0.25) is 0 Å². The maximum absolute atomic E-state index is 12.4. The van der Waals surface area contributed by atoms with Gasteiger partial charge >= 0.3 is 0 Å². The highest BCUT2D eigenvalue weighted by atomic mass is 16.3. The van der Waals surface area contributed by atoms with Gasteiger partial charge in [-0.15, -0.1) is 0 Å². The summed E-state index contributed by atoms with van der Waals surface area (Å²) in [6.07, 6.45) is 5.20. The fourth-order valence-corrected chi connectivity index (χ4v) is 2.35. The summed E-state index contributed by atoms with van der Waals surface area (Å²) < 4.78 is 0. The van der Waals surface area contributed by atoms with E-state index in [0.29, 0.717) is 12.1 Å². The molecule has 1 aromatic heterocycles. The molecule has 0 spiro atoms. The zero-order valence-corrected chi connectivity index (χ0v) is 10.6. The lowest BCUT2D eigenvalue weighted by Crippen LogP contribution is -2.41. The third-order valence-electron chi connectivity index (χ3n) is 3.39.